The molecule has 4 heterocycles. The first-order valence-corrected chi connectivity index (χ1v) is 10.2. The Kier molecular flexibility index (Phi) is 4.81. The molecule has 1 fully saturated rings. The molecule has 0 atom stereocenters. The summed E-state index contributed by atoms with van der Waals surface area (Å²) in [6, 6.07) is 6.18. The molecule has 0 amide bonds. The topological polar surface area (TPSA) is 100 Å². The molecule has 0 saturated carbocycles. The minimum absolute atomic E-state index is 0.729. The van der Waals surface area contributed by atoms with Gasteiger partial charge in [-0.3, -0.25) is 0 Å². The molecule has 3 aromatic heterocycles. The molecule has 0 radical (unpaired) electrons. The van der Waals surface area contributed by atoms with Crippen molar-refractivity contribution in [2.45, 2.75) is 25.7 Å². The normalized spacial score (nSPS) is 15.3. The lowest BCUT2D eigenvalue weighted by atomic mass is 10.1. The van der Waals surface area contributed by atoms with Crippen LogP contribution in [-0.4, -0.2) is 66.2 Å². The van der Waals surface area contributed by atoms with E-state index in [4.69, 9.17) is 0 Å². The van der Waals surface area contributed by atoms with Crippen LogP contribution in [-0.2, 0) is 7.05 Å². The molecule has 5 rings (SSSR count). The van der Waals surface area contributed by atoms with Crippen molar-refractivity contribution in [2.75, 3.05) is 31.5 Å². The number of aromatic nitrogens is 7. The van der Waals surface area contributed by atoms with Crippen molar-refractivity contribution in [1.29, 1.82) is 0 Å². The van der Waals surface area contributed by atoms with E-state index in [0.29, 0.717) is 0 Å². The fraction of sp³-hybridized carbons (Fsp3) is 0.450. The molecule has 9 nitrogen and oxygen atoms in total. The smallest absolute Gasteiger partial charge is 0.181 e. The van der Waals surface area contributed by atoms with Gasteiger partial charge in [0.25, 0.3) is 0 Å². The molecular formula is C20H25N9. The van der Waals surface area contributed by atoms with Gasteiger partial charge in [0.15, 0.2) is 5.82 Å². The molecule has 0 aliphatic carbocycles. The standard InChI is InChI=1S/C20H25N9/c1-28-20(25-26-27-28)14-6-7-15-16(12-14)24-19-17(15)18(22-13-23-19)21-8-5-11-29-9-3-2-4-10-29/h6-7,12-13H,2-5,8-11H2,1H3,(H2,21,22,23,24). The number of benzene rings is 1. The lowest BCUT2D eigenvalue weighted by Crippen LogP contribution is -2.31. The van der Waals surface area contributed by atoms with Crippen LogP contribution in [0.25, 0.3) is 33.3 Å². The number of fused-ring (bicyclic) bond motifs is 3. The van der Waals surface area contributed by atoms with E-state index in [1.54, 1.807) is 11.0 Å². The summed E-state index contributed by atoms with van der Waals surface area (Å²) in [5, 5.41) is 17.4. The number of rotatable bonds is 6. The number of tetrazole rings is 1. The van der Waals surface area contributed by atoms with Crippen LogP contribution in [0.4, 0.5) is 5.82 Å². The maximum absolute atomic E-state index is 4.51. The first kappa shape index (κ1) is 18.0. The third kappa shape index (κ3) is 3.53. The highest BCUT2D eigenvalue weighted by Gasteiger charge is 2.14. The average Bonchev–Trinajstić information content (AvgIpc) is 3.35. The minimum atomic E-state index is 0.729. The Morgan fingerprint density at radius 3 is 2.86 bits per heavy atom. The van der Waals surface area contributed by atoms with Crippen LogP contribution in [0.3, 0.4) is 0 Å². The number of nitrogens with one attached hydrogen (secondary N) is 2. The maximum atomic E-state index is 4.51. The Morgan fingerprint density at radius 2 is 2.03 bits per heavy atom. The maximum Gasteiger partial charge on any atom is 0.181 e. The molecule has 1 aliphatic rings. The van der Waals surface area contributed by atoms with E-state index in [1.807, 2.05) is 13.1 Å². The molecule has 1 saturated heterocycles. The number of hydrogen-bond donors (Lipinski definition) is 2. The van der Waals surface area contributed by atoms with E-state index >= 15 is 0 Å². The third-order valence-corrected chi connectivity index (χ3v) is 5.66. The third-order valence-electron chi connectivity index (χ3n) is 5.66. The van der Waals surface area contributed by atoms with Crippen LogP contribution < -0.4 is 5.32 Å². The Morgan fingerprint density at radius 1 is 1.14 bits per heavy atom. The number of likely N-dealkylation sites (tertiary alicyclic amines) is 1. The number of nitrogens with zero attached hydrogens (tertiary/aromatic N) is 7. The highest BCUT2D eigenvalue weighted by molar-refractivity contribution is 6.11. The summed E-state index contributed by atoms with van der Waals surface area (Å²) in [5.41, 5.74) is 2.79. The number of aromatic amines is 1. The van der Waals surface area contributed by atoms with E-state index in [1.165, 1.54) is 32.4 Å². The van der Waals surface area contributed by atoms with Crippen molar-refractivity contribution in [3.63, 3.8) is 0 Å². The quantitative estimate of drug-likeness (QED) is 0.487. The molecule has 1 aromatic carbocycles. The van der Waals surface area contributed by atoms with E-state index in [9.17, 15) is 0 Å². The second kappa shape index (κ2) is 7.75. The summed E-state index contributed by atoms with van der Waals surface area (Å²) >= 11 is 0. The summed E-state index contributed by atoms with van der Waals surface area (Å²) in [4.78, 5) is 14.9. The molecule has 4 aromatic rings. The molecule has 0 spiro atoms. The molecular weight excluding hydrogens is 366 g/mol. The summed E-state index contributed by atoms with van der Waals surface area (Å²) in [7, 11) is 1.84. The predicted octanol–water partition coefficient (Wildman–Crippen LogP) is 2.59. The monoisotopic (exact) mass is 391 g/mol. The van der Waals surface area contributed by atoms with Gasteiger partial charge < -0.3 is 15.2 Å². The zero-order valence-corrected chi connectivity index (χ0v) is 16.6. The van der Waals surface area contributed by atoms with E-state index in [-0.39, 0.29) is 0 Å². The Labute approximate surface area is 168 Å². The zero-order chi connectivity index (χ0) is 19.6. The molecule has 29 heavy (non-hydrogen) atoms. The Bertz CT molecular complexity index is 1120. The molecule has 9 heteroatoms. The molecule has 0 bridgehead atoms. The summed E-state index contributed by atoms with van der Waals surface area (Å²) in [6.45, 7) is 4.52. The average molecular weight is 391 g/mol. The van der Waals surface area contributed by atoms with Gasteiger partial charge in [-0.1, -0.05) is 18.6 Å². The van der Waals surface area contributed by atoms with Gasteiger partial charge in [-0.05, 0) is 55.4 Å². The zero-order valence-electron chi connectivity index (χ0n) is 16.6. The van der Waals surface area contributed by atoms with Gasteiger partial charge in [0.05, 0.1) is 5.39 Å². The second-order valence-electron chi connectivity index (χ2n) is 7.64. The number of H-pyrrole nitrogens is 1. The van der Waals surface area contributed by atoms with E-state index < -0.39 is 0 Å². The SMILES string of the molecule is Cn1nnnc1-c1ccc2c(c1)[nH]c1ncnc(NCCCN3CCCCC3)c12. The van der Waals surface area contributed by atoms with Gasteiger partial charge in [0.2, 0.25) is 0 Å². The van der Waals surface area contributed by atoms with Crippen molar-refractivity contribution in [2.24, 2.45) is 7.05 Å². The summed E-state index contributed by atoms with van der Waals surface area (Å²) < 4.78 is 1.67. The van der Waals surface area contributed by atoms with E-state index in [2.05, 4.69) is 52.8 Å². The lowest BCUT2D eigenvalue weighted by Gasteiger charge is -2.26. The van der Waals surface area contributed by atoms with E-state index in [0.717, 1.165) is 58.7 Å². The predicted molar refractivity (Wildman–Crippen MR) is 113 cm³/mol. The summed E-state index contributed by atoms with van der Waals surface area (Å²) in [6.07, 6.45) is 6.77. The summed E-state index contributed by atoms with van der Waals surface area (Å²) in [5.74, 6) is 1.61. The van der Waals surface area contributed by atoms with Gasteiger partial charge >= 0.3 is 0 Å². The van der Waals surface area contributed by atoms with Gasteiger partial charge in [-0.25, -0.2) is 14.6 Å². The molecule has 0 unspecified atom stereocenters. The van der Waals surface area contributed by atoms with Gasteiger partial charge in [-0.2, -0.15) is 0 Å². The number of anilines is 1. The molecule has 2 N–H and O–H groups in total. The van der Waals surface area contributed by atoms with Crippen molar-refractivity contribution >= 4 is 27.8 Å². The van der Waals surface area contributed by atoms with Crippen LogP contribution in [0.1, 0.15) is 25.7 Å². The highest BCUT2D eigenvalue weighted by atomic mass is 15.5. The van der Waals surface area contributed by atoms with Crippen LogP contribution in [0.2, 0.25) is 0 Å². The van der Waals surface area contributed by atoms with Crippen molar-refractivity contribution in [3.8, 4) is 11.4 Å². The Hall–Kier alpha value is -3.07. The lowest BCUT2D eigenvalue weighted by molar-refractivity contribution is 0.228. The number of hydrogen-bond acceptors (Lipinski definition) is 7. The molecule has 1 aliphatic heterocycles. The van der Waals surface area contributed by atoms with Crippen LogP contribution in [0, 0.1) is 0 Å². The first-order chi connectivity index (χ1) is 14.3. The van der Waals surface area contributed by atoms with Gasteiger partial charge in [0, 0.05) is 30.1 Å². The second-order valence-corrected chi connectivity index (χ2v) is 7.64. The fourth-order valence-electron chi connectivity index (χ4n) is 4.17. The Balaban J connectivity index is 1.37. The molecule has 150 valence electrons. The van der Waals surface area contributed by atoms with Gasteiger partial charge in [-0.15, -0.1) is 5.10 Å². The number of piperidine rings is 1. The van der Waals surface area contributed by atoms with Crippen LogP contribution >= 0.6 is 0 Å². The minimum Gasteiger partial charge on any atom is -0.369 e. The van der Waals surface area contributed by atoms with Crippen molar-refractivity contribution in [1.82, 2.24) is 40.1 Å². The van der Waals surface area contributed by atoms with Crippen LogP contribution in [0.5, 0.6) is 0 Å². The van der Waals surface area contributed by atoms with Crippen LogP contribution in [0.15, 0.2) is 24.5 Å². The van der Waals surface area contributed by atoms with Crippen molar-refractivity contribution in [3.05, 3.63) is 24.5 Å². The number of aryl methyl sites for hydroxylation is 1. The highest BCUT2D eigenvalue weighted by Crippen LogP contribution is 2.31. The van der Waals surface area contributed by atoms with Gasteiger partial charge in [0.1, 0.15) is 17.8 Å². The fourth-order valence-corrected chi connectivity index (χ4v) is 4.17. The first-order valence-electron chi connectivity index (χ1n) is 10.2. The van der Waals surface area contributed by atoms with Crippen molar-refractivity contribution < 1.29 is 0 Å². The largest absolute Gasteiger partial charge is 0.369 e.